The second kappa shape index (κ2) is 6.97. The highest BCUT2D eigenvalue weighted by Gasteiger charge is 2.20. The standard InChI is InChI=1S/C17H29NOS/c1-13(18-11-17(5,19)12-20-6)14-7-9-15(10-8-14)16(2,3)4/h7-10,13,18-19H,11-12H2,1-6H3. The summed E-state index contributed by atoms with van der Waals surface area (Å²) in [4.78, 5) is 0. The van der Waals surface area contributed by atoms with Crippen LogP contribution in [0.1, 0.15) is 51.8 Å². The Morgan fingerprint density at radius 1 is 1.15 bits per heavy atom. The maximum atomic E-state index is 10.2. The lowest BCUT2D eigenvalue weighted by atomic mass is 9.86. The summed E-state index contributed by atoms with van der Waals surface area (Å²) in [5.74, 6) is 0.746. The van der Waals surface area contributed by atoms with E-state index in [1.54, 1.807) is 11.8 Å². The van der Waals surface area contributed by atoms with Gasteiger partial charge in [0.1, 0.15) is 0 Å². The SMILES string of the molecule is CSCC(C)(O)CNC(C)c1ccc(C(C)(C)C)cc1. The molecule has 0 fully saturated rings. The number of hydrogen-bond acceptors (Lipinski definition) is 3. The van der Waals surface area contributed by atoms with Crippen molar-refractivity contribution < 1.29 is 5.11 Å². The van der Waals surface area contributed by atoms with Crippen molar-refractivity contribution in [3.63, 3.8) is 0 Å². The van der Waals surface area contributed by atoms with Gasteiger partial charge in [-0.25, -0.2) is 0 Å². The highest BCUT2D eigenvalue weighted by molar-refractivity contribution is 7.98. The summed E-state index contributed by atoms with van der Waals surface area (Å²) in [5.41, 5.74) is 2.15. The molecule has 1 aromatic carbocycles. The molecule has 0 amide bonds. The van der Waals surface area contributed by atoms with Crippen LogP contribution < -0.4 is 5.32 Å². The smallest absolute Gasteiger partial charge is 0.0833 e. The Balaban J connectivity index is 2.62. The third-order valence-corrected chi connectivity index (χ3v) is 4.43. The molecule has 0 saturated carbocycles. The van der Waals surface area contributed by atoms with Crippen molar-refractivity contribution in [2.75, 3.05) is 18.6 Å². The van der Waals surface area contributed by atoms with E-state index in [-0.39, 0.29) is 11.5 Å². The summed E-state index contributed by atoms with van der Waals surface area (Å²) in [6.07, 6.45) is 2.02. The summed E-state index contributed by atoms with van der Waals surface area (Å²) in [7, 11) is 0. The van der Waals surface area contributed by atoms with Crippen molar-refractivity contribution in [1.29, 1.82) is 0 Å². The summed E-state index contributed by atoms with van der Waals surface area (Å²) in [6.45, 7) is 11.3. The second-order valence-corrected chi connectivity index (χ2v) is 7.77. The van der Waals surface area contributed by atoms with E-state index in [2.05, 4.69) is 57.3 Å². The average molecular weight is 295 g/mol. The molecular formula is C17H29NOS. The number of rotatable bonds is 6. The molecule has 0 spiro atoms. The molecule has 20 heavy (non-hydrogen) atoms. The molecule has 3 heteroatoms. The van der Waals surface area contributed by atoms with Crippen molar-refractivity contribution in [2.45, 2.75) is 51.7 Å². The lowest BCUT2D eigenvalue weighted by Gasteiger charge is -2.26. The molecule has 0 saturated heterocycles. The zero-order valence-corrected chi connectivity index (χ0v) is 14.5. The van der Waals surface area contributed by atoms with Gasteiger partial charge in [0.25, 0.3) is 0 Å². The highest BCUT2D eigenvalue weighted by Crippen LogP contribution is 2.24. The van der Waals surface area contributed by atoms with E-state index in [0.29, 0.717) is 6.54 Å². The fraction of sp³-hybridized carbons (Fsp3) is 0.647. The first-order chi connectivity index (χ1) is 9.15. The topological polar surface area (TPSA) is 32.3 Å². The molecule has 114 valence electrons. The molecule has 2 atom stereocenters. The summed E-state index contributed by atoms with van der Waals surface area (Å²) < 4.78 is 0. The molecule has 2 unspecified atom stereocenters. The minimum Gasteiger partial charge on any atom is -0.388 e. The Morgan fingerprint density at radius 2 is 1.70 bits per heavy atom. The van der Waals surface area contributed by atoms with Gasteiger partial charge in [0.05, 0.1) is 5.60 Å². The maximum absolute atomic E-state index is 10.2. The van der Waals surface area contributed by atoms with Gasteiger partial charge in [-0.1, -0.05) is 45.0 Å². The lowest BCUT2D eigenvalue weighted by molar-refractivity contribution is 0.0821. The van der Waals surface area contributed by atoms with Gasteiger partial charge in [0, 0.05) is 18.3 Å². The summed E-state index contributed by atoms with van der Waals surface area (Å²) in [5, 5.41) is 13.6. The maximum Gasteiger partial charge on any atom is 0.0833 e. The van der Waals surface area contributed by atoms with E-state index in [1.807, 2.05) is 13.2 Å². The van der Waals surface area contributed by atoms with Gasteiger partial charge in [0.2, 0.25) is 0 Å². The van der Waals surface area contributed by atoms with Crippen molar-refractivity contribution in [3.05, 3.63) is 35.4 Å². The van der Waals surface area contributed by atoms with E-state index in [1.165, 1.54) is 11.1 Å². The van der Waals surface area contributed by atoms with Crippen LogP contribution >= 0.6 is 11.8 Å². The van der Waals surface area contributed by atoms with Gasteiger partial charge in [-0.2, -0.15) is 11.8 Å². The molecule has 0 heterocycles. The van der Waals surface area contributed by atoms with Crippen molar-refractivity contribution in [3.8, 4) is 0 Å². The molecule has 0 bridgehead atoms. The van der Waals surface area contributed by atoms with E-state index in [0.717, 1.165) is 5.75 Å². The minimum atomic E-state index is -0.654. The van der Waals surface area contributed by atoms with Crippen LogP contribution in [0.5, 0.6) is 0 Å². The Hall–Kier alpha value is -0.510. The fourth-order valence-electron chi connectivity index (χ4n) is 2.12. The number of nitrogens with one attached hydrogen (secondary N) is 1. The van der Waals surface area contributed by atoms with E-state index in [4.69, 9.17) is 0 Å². The quantitative estimate of drug-likeness (QED) is 0.838. The Bertz CT molecular complexity index is 406. The summed E-state index contributed by atoms with van der Waals surface area (Å²) >= 11 is 1.67. The first kappa shape index (κ1) is 17.5. The monoisotopic (exact) mass is 295 g/mol. The van der Waals surface area contributed by atoms with Crippen LogP contribution in [0, 0.1) is 0 Å². The first-order valence-electron chi connectivity index (χ1n) is 7.21. The van der Waals surface area contributed by atoms with Crippen molar-refractivity contribution in [1.82, 2.24) is 5.32 Å². The Kier molecular flexibility index (Phi) is 6.11. The van der Waals surface area contributed by atoms with Crippen LogP contribution in [-0.4, -0.2) is 29.3 Å². The molecule has 0 aromatic heterocycles. The van der Waals surface area contributed by atoms with E-state index in [9.17, 15) is 5.11 Å². The highest BCUT2D eigenvalue weighted by atomic mass is 32.2. The molecule has 0 radical (unpaired) electrons. The number of aliphatic hydroxyl groups is 1. The van der Waals surface area contributed by atoms with Gasteiger partial charge >= 0.3 is 0 Å². The van der Waals surface area contributed by atoms with Crippen LogP contribution in [0.2, 0.25) is 0 Å². The van der Waals surface area contributed by atoms with Crippen LogP contribution in [-0.2, 0) is 5.41 Å². The molecule has 0 aliphatic rings. The molecule has 2 nitrogen and oxygen atoms in total. The van der Waals surface area contributed by atoms with Crippen LogP contribution in [0.4, 0.5) is 0 Å². The number of benzene rings is 1. The second-order valence-electron chi connectivity index (χ2n) is 6.90. The fourth-order valence-corrected chi connectivity index (χ4v) is 2.85. The zero-order chi connectivity index (χ0) is 15.4. The number of hydrogen-bond donors (Lipinski definition) is 2. The molecular weight excluding hydrogens is 266 g/mol. The van der Waals surface area contributed by atoms with Gasteiger partial charge in [-0.3, -0.25) is 0 Å². The predicted octanol–water partition coefficient (Wildman–Crippen LogP) is 3.75. The van der Waals surface area contributed by atoms with Gasteiger partial charge in [-0.05, 0) is 36.6 Å². The molecule has 2 N–H and O–H groups in total. The van der Waals surface area contributed by atoms with E-state index < -0.39 is 5.60 Å². The normalized spacial score (nSPS) is 16.8. The van der Waals surface area contributed by atoms with Crippen LogP contribution in [0.15, 0.2) is 24.3 Å². The Morgan fingerprint density at radius 3 is 2.15 bits per heavy atom. The third kappa shape index (κ3) is 5.47. The number of thioether (sulfide) groups is 1. The molecule has 1 rings (SSSR count). The zero-order valence-electron chi connectivity index (χ0n) is 13.7. The van der Waals surface area contributed by atoms with E-state index >= 15 is 0 Å². The predicted molar refractivity (Wildman–Crippen MR) is 90.6 cm³/mol. The van der Waals surface area contributed by atoms with Crippen molar-refractivity contribution in [2.24, 2.45) is 0 Å². The molecule has 1 aromatic rings. The summed E-state index contributed by atoms with van der Waals surface area (Å²) in [6, 6.07) is 9.02. The molecule has 0 aliphatic carbocycles. The first-order valence-corrected chi connectivity index (χ1v) is 8.60. The van der Waals surface area contributed by atoms with Crippen LogP contribution in [0.3, 0.4) is 0 Å². The average Bonchev–Trinajstić information content (AvgIpc) is 2.35. The van der Waals surface area contributed by atoms with Gasteiger partial charge in [0.15, 0.2) is 0 Å². The lowest BCUT2D eigenvalue weighted by Crippen LogP contribution is -2.40. The Labute approximate surface area is 128 Å². The van der Waals surface area contributed by atoms with Crippen LogP contribution in [0.25, 0.3) is 0 Å². The minimum absolute atomic E-state index is 0.192. The van der Waals surface area contributed by atoms with Gasteiger partial charge < -0.3 is 10.4 Å². The van der Waals surface area contributed by atoms with Gasteiger partial charge in [-0.15, -0.1) is 0 Å². The van der Waals surface area contributed by atoms with Crippen molar-refractivity contribution >= 4 is 11.8 Å². The molecule has 0 aliphatic heterocycles. The largest absolute Gasteiger partial charge is 0.388 e. The third-order valence-electron chi connectivity index (χ3n) is 3.52.